The van der Waals surface area contributed by atoms with Gasteiger partial charge in [-0.15, -0.1) is 0 Å². The van der Waals surface area contributed by atoms with Crippen LogP contribution in [-0.2, 0) is 0 Å². The van der Waals surface area contributed by atoms with Gasteiger partial charge in [0.05, 0.1) is 25.7 Å². The number of carbonyl (C=O) groups is 2. The Bertz CT molecular complexity index is 1170. The summed E-state index contributed by atoms with van der Waals surface area (Å²) in [7, 11) is 0. The molecule has 3 aromatic rings. The van der Waals surface area contributed by atoms with E-state index >= 15 is 0 Å². The molecule has 1 heterocycles. The fourth-order valence-corrected chi connectivity index (χ4v) is 4.19. The largest absolute Gasteiger partial charge is 0.420 e. The molecule has 1 aromatic heterocycles. The summed E-state index contributed by atoms with van der Waals surface area (Å²) in [5, 5.41) is 0.704. The average Bonchev–Trinajstić information content (AvgIpc) is 2.67. The van der Waals surface area contributed by atoms with Crippen LogP contribution in [0, 0.1) is 6.92 Å². The predicted octanol–water partition coefficient (Wildman–Crippen LogP) is 7.75. The highest BCUT2D eigenvalue weighted by atomic mass is 35.5. The number of aryl methyl sites for hydroxylation is 1. The number of ether oxygens (including phenoxy) is 2. The van der Waals surface area contributed by atoms with Crippen LogP contribution in [-0.4, -0.2) is 16.9 Å². The maximum absolute atomic E-state index is 12.7. The number of hydrogen-bond acceptors (Lipinski definition) is 5. The lowest BCUT2D eigenvalue weighted by atomic mass is 10.1. The van der Waals surface area contributed by atoms with Crippen LogP contribution >= 0.6 is 69.6 Å². The highest BCUT2D eigenvalue weighted by Crippen LogP contribution is 2.37. The smallest absolute Gasteiger partial charge is 0.362 e. The third kappa shape index (κ3) is 5.55. The van der Waals surface area contributed by atoms with Gasteiger partial charge < -0.3 is 9.47 Å². The van der Waals surface area contributed by atoms with Crippen LogP contribution < -0.4 is 9.47 Å². The molecule has 0 spiro atoms. The van der Waals surface area contributed by atoms with Crippen molar-refractivity contribution in [1.82, 2.24) is 4.98 Å². The Morgan fingerprint density at radius 2 is 1.13 bits per heavy atom. The first-order valence-corrected chi connectivity index (χ1v) is 10.5. The first kappa shape index (κ1) is 23.9. The van der Waals surface area contributed by atoms with Crippen LogP contribution in [0.3, 0.4) is 0 Å². The maximum atomic E-state index is 12.7. The molecule has 0 saturated carbocycles. The minimum atomic E-state index is -0.900. The van der Waals surface area contributed by atoms with Gasteiger partial charge in [0.25, 0.3) is 0 Å². The molecule has 0 saturated heterocycles. The maximum Gasteiger partial charge on any atom is 0.362 e. The fourth-order valence-electron chi connectivity index (χ4n) is 2.40. The molecule has 0 atom stereocenters. The van der Waals surface area contributed by atoms with E-state index in [1.165, 1.54) is 36.5 Å². The molecule has 5 nitrogen and oxygen atoms in total. The van der Waals surface area contributed by atoms with E-state index in [0.29, 0.717) is 5.56 Å². The van der Waals surface area contributed by atoms with Crippen molar-refractivity contribution in [1.29, 1.82) is 0 Å². The zero-order valence-electron chi connectivity index (χ0n) is 15.3. The Hall–Kier alpha value is -1.73. The van der Waals surface area contributed by atoms with Crippen molar-refractivity contribution in [2.75, 3.05) is 0 Å². The molecule has 0 bridgehead atoms. The highest BCUT2D eigenvalue weighted by molar-refractivity contribution is 6.41. The molecule has 0 aliphatic carbocycles. The number of esters is 2. The van der Waals surface area contributed by atoms with Crippen LogP contribution in [0.2, 0.25) is 30.1 Å². The summed E-state index contributed by atoms with van der Waals surface area (Å²) < 4.78 is 10.5. The zero-order chi connectivity index (χ0) is 22.9. The molecule has 0 N–H and O–H groups in total. The lowest BCUT2D eigenvalue weighted by molar-refractivity contribution is 0.0728. The molecule has 0 unspecified atom stereocenters. The van der Waals surface area contributed by atoms with Gasteiger partial charge in [-0.3, -0.25) is 0 Å². The first-order valence-electron chi connectivity index (χ1n) is 8.27. The van der Waals surface area contributed by atoms with Crippen LogP contribution in [0.15, 0.2) is 36.5 Å². The number of nitrogens with zero attached hydrogens (tertiary/aromatic N) is 1. The van der Waals surface area contributed by atoms with E-state index in [2.05, 4.69) is 4.98 Å². The first-order chi connectivity index (χ1) is 14.6. The van der Waals surface area contributed by atoms with E-state index in [1.54, 1.807) is 6.92 Å². The third-order valence-corrected chi connectivity index (χ3v) is 5.41. The molecule has 2 aromatic carbocycles. The second-order valence-electron chi connectivity index (χ2n) is 6.06. The Morgan fingerprint density at radius 3 is 1.58 bits per heavy atom. The summed E-state index contributed by atoms with van der Waals surface area (Å²) in [5.74, 6) is -1.88. The standard InChI is InChI=1S/C20H9Cl6NO4/c1-8-7-27-16(20(29)31-18-14(25)4-10(22)5-15(18)26)6-11(8)19(28)30-17-12(23)2-9(21)3-13(17)24/h2-7H,1H3. The summed E-state index contributed by atoms with van der Waals surface area (Å²) in [5.41, 5.74) is 0.288. The third-order valence-electron chi connectivity index (χ3n) is 3.85. The van der Waals surface area contributed by atoms with Crippen molar-refractivity contribution in [2.24, 2.45) is 0 Å². The van der Waals surface area contributed by atoms with Crippen molar-refractivity contribution >= 4 is 81.5 Å². The Morgan fingerprint density at radius 1 is 0.710 bits per heavy atom. The van der Waals surface area contributed by atoms with E-state index in [0.717, 1.165) is 0 Å². The van der Waals surface area contributed by atoms with Crippen LogP contribution in [0.4, 0.5) is 0 Å². The molecule has 0 aliphatic heterocycles. The normalized spacial score (nSPS) is 10.7. The van der Waals surface area contributed by atoms with Gasteiger partial charge in [0.1, 0.15) is 5.69 Å². The Kier molecular flexibility index (Phi) is 7.58. The quantitative estimate of drug-likeness (QED) is 0.250. The minimum Gasteiger partial charge on any atom is -0.420 e. The van der Waals surface area contributed by atoms with Gasteiger partial charge in [0.2, 0.25) is 0 Å². The number of hydrogen-bond donors (Lipinski definition) is 0. The number of carbonyl (C=O) groups excluding carboxylic acids is 2. The van der Waals surface area contributed by atoms with Crippen molar-refractivity contribution in [2.45, 2.75) is 6.92 Å². The molecule has 160 valence electrons. The van der Waals surface area contributed by atoms with Gasteiger partial charge >= 0.3 is 11.9 Å². The highest BCUT2D eigenvalue weighted by Gasteiger charge is 2.22. The zero-order valence-corrected chi connectivity index (χ0v) is 19.8. The van der Waals surface area contributed by atoms with Crippen molar-refractivity contribution < 1.29 is 19.1 Å². The van der Waals surface area contributed by atoms with E-state index in [1.807, 2.05) is 0 Å². The van der Waals surface area contributed by atoms with Gasteiger partial charge in [-0.1, -0.05) is 69.6 Å². The number of benzene rings is 2. The number of pyridine rings is 1. The Labute approximate surface area is 206 Å². The van der Waals surface area contributed by atoms with Gasteiger partial charge in [-0.2, -0.15) is 0 Å². The van der Waals surface area contributed by atoms with Crippen molar-refractivity contribution in [3.8, 4) is 11.5 Å². The second kappa shape index (κ2) is 9.82. The van der Waals surface area contributed by atoms with Gasteiger partial charge in [-0.05, 0) is 42.8 Å². The molecule has 11 heteroatoms. The number of halogens is 6. The summed E-state index contributed by atoms with van der Waals surface area (Å²) in [6, 6.07) is 6.68. The van der Waals surface area contributed by atoms with Crippen molar-refractivity contribution in [3.63, 3.8) is 0 Å². The van der Waals surface area contributed by atoms with E-state index in [9.17, 15) is 9.59 Å². The molecule has 3 rings (SSSR count). The topological polar surface area (TPSA) is 65.5 Å². The summed E-state index contributed by atoms with van der Waals surface area (Å²) in [4.78, 5) is 29.2. The number of aromatic nitrogens is 1. The summed E-state index contributed by atoms with van der Waals surface area (Å²) in [6.45, 7) is 1.61. The second-order valence-corrected chi connectivity index (χ2v) is 8.56. The molecule has 0 amide bonds. The van der Waals surface area contributed by atoms with Gasteiger partial charge in [-0.25, -0.2) is 14.6 Å². The average molecular weight is 540 g/mol. The van der Waals surface area contributed by atoms with E-state index < -0.39 is 11.9 Å². The molecule has 0 aliphatic rings. The monoisotopic (exact) mass is 537 g/mol. The molecule has 31 heavy (non-hydrogen) atoms. The summed E-state index contributed by atoms with van der Waals surface area (Å²) >= 11 is 35.9. The SMILES string of the molecule is Cc1cnc(C(=O)Oc2c(Cl)cc(Cl)cc2Cl)cc1C(=O)Oc1c(Cl)cc(Cl)cc1Cl. The van der Waals surface area contributed by atoms with E-state index in [4.69, 9.17) is 79.1 Å². The van der Waals surface area contributed by atoms with Gasteiger partial charge in [0.15, 0.2) is 11.5 Å². The molecular weight excluding hydrogens is 531 g/mol. The van der Waals surface area contributed by atoms with Crippen LogP contribution in [0.5, 0.6) is 11.5 Å². The molecule has 0 radical (unpaired) electrons. The van der Waals surface area contributed by atoms with Crippen LogP contribution in [0.25, 0.3) is 0 Å². The molecule has 0 fully saturated rings. The molecular formula is C20H9Cl6NO4. The lowest BCUT2D eigenvalue weighted by Crippen LogP contribution is -2.16. The van der Waals surface area contributed by atoms with E-state index in [-0.39, 0.29) is 52.9 Å². The minimum absolute atomic E-state index is 0.0321. The fraction of sp³-hybridized carbons (Fsp3) is 0.0500. The number of rotatable bonds is 4. The predicted molar refractivity (Wildman–Crippen MR) is 122 cm³/mol. The lowest BCUT2D eigenvalue weighted by Gasteiger charge is -2.12. The summed E-state index contributed by atoms with van der Waals surface area (Å²) in [6.07, 6.45) is 1.31. The Balaban J connectivity index is 1.88. The van der Waals surface area contributed by atoms with Crippen LogP contribution in [0.1, 0.15) is 26.4 Å². The van der Waals surface area contributed by atoms with Gasteiger partial charge in [0, 0.05) is 16.2 Å². The van der Waals surface area contributed by atoms with Crippen molar-refractivity contribution in [3.05, 3.63) is 83.5 Å².